The van der Waals surface area contributed by atoms with Gasteiger partial charge in [-0.3, -0.25) is 4.57 Å². The molecular formula is C16H16BrN3. The van der Waals surface area contributed by atoms with Gasteiger partial charge in [0.1, 0.15) is 6.33 Å². The number of hydrogen-bond donors (Lipinski definition) is 1. The minimum absolute atomic E-state index is 0.525. The van der Waals surface area contributed by atoms with Gasteiger partial charge in [0.25, 0.3) is 0 Å². The predicted molar refractivity (Wildman–Crippen MR) is 86.1 cm³/mol. The van der Waals surface area contributed by atoms with Crippen molar-refractivity contribution < 1.29 is 0 Å². The van der Waals surface area contributed by atoms with Gasteiger partial charge in [-0.05, 0) is 60.9 Å². The van der Waals surface area contributed by atoms with Crippen LogP contribution in [0.1, 0.15) is 16.7 Å². The van der Waals surface area contributed by atoms with Crippen molar-refractivity contribution in [2.45, 2.75) is 20.4 Å². The Morgan fingerprint density at radius 1 is 1.10 bits per heavy atom. The highest BCUT2D eigenvalue weighted by Gasteiger charge is 2.08. The third-order valence-electron chi connectivity index (χ3n) is 3.62. The molecule has 0 saturated carbocycles. The van der Waals surface area contributed by atoms with Crippen LogP contribution in [0, 0.1) is 13.8 Å². The van der Waals surface area contributed by atoms with E-state index in [4.69, 9.17) is 5.73 Å². The Morgan fingerprint density at radius 2 is 1.85 bits per heavy atom. The standard InChI is InChI=1S/C16H16BrN3/c1-10-3-15-16(4-11(10)2)20(9-19-15)14-6-12(8-18)5-13(17)7-14/h3-7,9H,8,18H2,1-2H3. The number of hydrogen-bond acceptors (Lipinski definition) is 2. The molecule has 0 aliphatic carbocycles. The van der Waals surface area contributed by atoms with Gasteiger partial charge in [-0.15, -0.1) is 0 Å². The Labute approximate surface area is 126 Å². The second-order valence-electron chi connectivity index (χ2n) is 5.06. The summed E-state index contributed by atoms with van der Waals surface area (Å²) in [5.74, 6) is 0. The van der Waals surface area contributed by atoms with Gasteiger partial charge >= 0.3 is 0 Å². The van der Waals surface area contributed by atoms with E-state index in [1.54, 1.807) is 0 Å². The molecule has 20 heavy (non-hydrogen) atoms. The summed E-state index contributed by atoms with van der Waals surface area (Å²) in [4.78, 5) is 4.50. The molecule has 1 aromatic heterocycles. The van der Waals surface area contributed by atoms with Crippen molar-refractivity contribution in [3.63, 3.8) is 0 Å². The maximum atomic E-state index is 5.75. The maximum absolute atomic E-state index is 5.75. The summed E-state index contributed by atoms with van der Waals surface area (Å²) < 4.78 is 3.13. The molecule has 0 bridgehead atoms. The highest BCUT2D eigenvalue weighted by Crippen LogP contribution is 2.24. The molecule has 102 valence electrons. The van der Waals surface area contributed by atoms with Crippen molar-refractivity contribution in [2.75, 3.05) is 0 Å². The largest absolute Gasteiger partial charge is 0.326 e. The van der Waals surface area contributed by atoms with E-state index >= 15 is 0 Å². The molecule has 4 heteroatoms. The average molecular weight is 330 g/mol. The molecular weight excluding hydrogens is 314 g/mol. The summed E-state index contributed by atoms with van der Waals surface area (Å²) in [6.45, 7) is 4.76. The van der Waals surface area contributed by atoms with Crippen LogP contribution in [0.5, 0.6) is 0 Å². The molecule has 2 aromatic carbocycles. The molecule has 0 saturated heterocycles. The van der Waals surface area contributed by atoms with Crippen LogP contribution in [-0.4, -0.2) is 9.55 Å². The third-order valence-corrected chi connectivity index (χ3v) is 4.08. The highest BCUT2D eigenvalue weighted by molar-refractivity contribution is 9.10. The van der Waals surface area contributed by atoms with E-state index in [9.17, 15) is 0 Å². The van der Waals surface area contributed by atoms with E-state index in [0.29, 0.717) is 6.54 Å². The number of aryl methyl sites for hydroxylation is 2. The van der Waals surface area contributed by atoms with E-state index in [1.165, 1.54) is 11.1 Å². The molecule has 0 radical (unpaired) electrons. The molecule has 0 fully saturated rings. The first-order valence-corrected chi connectivity index (χ1v) is 7.32. The number of halogens is 1. The Balaban J connectivity index is 2.24. The Kier molecular flexibility index (Phi) is 3.36. The number of fused-ring (bicyclic) bond motifs is 1. The molecule has 0 aliphatic heterocycles. The first-order valence-electron chi connectivity index (χ1n) is 6.52. The number of aromatic nitrogens is 2. The summed E-state index contributed by atoms with van der Waals surface area (Å²) in [6.07, 6.45) is 1.87. The van der Waals surface area contributed by atoms with E-state index in [0.717, 1.165) is 26.8 Å². The van der Waals surface area contributed by atoms with Crippen molar-refractivity contribution in [2.24, 2.45) is 5.73 Å². The van der Waals surface area contributed by atoms with Crippen molar-refractivity contribution in [1.82, 2.24) is 9.55 Å². The molecule has 3 aromatic rings. The highest BCUT2D eigenvalue weighted by atomic mass is 79.9. The lowest BCUT2D eigenvalue weighted by atomic mass is 10.1. The van der Waals surface area contributed by atoms with Crippen molar-refractivity contribution >= 4 is 27.0 Å². The molecule has 0 atom stereocenters. The van der Waals surface area contributed by atoms with E-state index in [2.05, 4.69) is 63.6 Å². The molecule has 0 aliphatic rings. The van der Waals surface area contributed by atoms with Gasteiger partial charge in [0.2, 0.25) is 0 Å². The van der Waals surface area contributed by atoms with Crippen LogP contribution >= 0.6 is 15.9 Å². The van der Waals surface area contributed by atoms with Crippen molar-refractivity contribution in [3.05, 3.63) is 57.8 Å². The van der Waals surface area contributed by atoms with Crippen LogP contribution in [0.25, 0.3) is 16.7 Å². The molecule has 0 unspecified atom stereocenters. The molecule has 0 amide bonds. The summed E-state index contributed by atoms with van der Waals surface area (Å²) >= 11 is 3.54. The lowest BCUT2D eigenvalue weighted by Crippen LogP contribution is -1.99. The zero-order valence-corrected chi connectivity index (χ0v) is 13.1. The lowest BCUT2D eigenvalue weighted by molar-refractivity contribution is 1.04. The molecule has 3 nitrogen and oxygen atoms in total. The first-order chi connectivity index (χ1) is 9.58. The van der Waals surface area contributed by atoms with E-state index < -0.39 is 0 Å². The van der Waals surface area contributed by atoms with Crippen LogP contribution in [-0.2, 0) is 6.54 Å². The van der Waals surface area contributed by atoms with Gasteiger partial charge in [-0.2, -0.15) is 0 Å². The molecule has 0 spiro atoms. The molecule has 3 rings (SSSR count). The van der Waals surface area contributed by atoms with E-state index in [-0.39, 0.29) is 0 Å². The topological polar surface area (TPSA) is 43.8 Å². The average Bonchev–Trinajstić information content (AvgIpc) is 2.81. The maximum Gasteiger partial charge on any atom is 0.100 e. The van der Waals surface area contributed by atoms with Crippen LogP contribution in [0.3, 0.4) is 0 Å². The quantitative estimate of drug-likeness (QED) is 0.775. The number of nitrogens with two attached hydrogens (primary N) is 1. The monoisotopic (exact) mass is 329 g/mol. The van der Waals surface area contributed by atoms with E-state index in [1.807, 2.05) is 12.4 Å². The zero-order chi connectivity index (χ0) is 14.3. The number of nitrogens with zero attached hydrogens (tertiary/aromatic N) is 2. The minimum atomic E-state index is 0.525. The lowest BCUT2D eigenvalue weighted by Gasteiger charge is -2.09. The third kappa shape index (κ3) is 2.25. The fourth-order valence-electron chi connectivity index (χ4n) is 2.36. The Bertz CT molecular complexity index is 790. The summed E-state index contributed by atoms with van der Waals surface area (Å²) in [7, 11) is 0. The first kappa shape index (κ1) is 13.3. The van der Waals surface area contributed by atoms with Crippen LogP contribution < -0.4 is 5.73 Å². The van der Waals surface area contributed by atoms with Gasteiger partial charge in [0.05, 0.1) is 11.0 Å². The fourth-order valence-corrected chi connectivity index (χ4v) is 2.89. The summed E-state index contributed by atoms with van der Waals surface area (Å²) in [5, 5.41) is 0. The summed E-state index contributed by atoms with van der Waals surface area (Å²) in [6, 6.07) is 10.5. The number of rotatable bonds is 2. The van der Waals surface area contributed by atoms with Crippen LogP contribution in [0.2, 0.25) is 0 Å². The Hall–Kier alpha value is -1.65. The SMILES string of the molecule is Cc1cc2ncn(-c3cc(Br)cc(CN)c3)c2cc1C. The molecule has 2 N–H and O–H groups in total. The van der Waals surface area contributed by atoms with Gasteiger partial charge in [-0.25, -0.2) is 4.98 Å². The number of imidazole rings is 1. The fraction of sp³-hybridized carbons (Fsp3) is 0.188. The summed E-state index contributed by atoms with van der Waals surface area (Å²) in [5.41, 5.74) is 12.6. The van der Waals surface area contributed by atoms with Gasteiger partial charge in [0, 0.05) is 16.7 Å². The van der Waals surface area contributed by atoms with Crippen LogP contribution in [0.15, 0.2) is 41.1 Å². The van der Waals surface area contributed by atoms with Crippen molar-refractivity contribution in [3.8, 4) is 5.69 Å². The van der Waals surface area contributed by atoms with Crippen molar-refractivity contribution in [1.29, 1.82) is 0 Å². The van der Waals surface area contributed by atoms with Gasteiger partial charge in [0.15, 0.2) is 0 Å². The molecule has 1 heterocycles. The second kappa shape index (κ2) is 5.04. The normalized spacial score (nSPS) is 11.2. The zero-order valence-electron chi connectivity index (χ0n) is 11.5. The Morgan fingerprint density at radius 3 is 2.60 bits per heavy atom. The smallest absolute Gasteiger partial charge is 0.100 e. The van der Waals surface area contributed by atoms with Gasteiger partial charge < -0.3 is 5.73 Å². The number of benzene rings is 2. The van der Waals surface area contributed by atoms with Gasteiger partial charge in [-0.1, -0.05) is 15.9 Å². The predicted octanol–water partition coefficient (Wildman–Crippen LogP) is 3.86. The van der Waals surface area contributed by atoms with Crippen LogP contribution in [0.4, 0.5) is 0 Å². The second-order valence-corrected chi connectivity index (χ2v) is 5.98. The minimum Gasteiger partial charge on any atom is -0.326 e.